The molecule has 0 atom stereocenters. The van der Waals surface area contributed by atoms with Crippen molar-refractivity contribution in [1.29, 1.82) is 0 Å². The van der Waals surface area contributed by atoms with Gasteiger partial charge in [-0.05, 0) is 24.3 Å². The van der Waals surface area contributed by atoms with Gasteiger partial charge in [-0.3, -0.25) is 4.40 Å². The third-order valence-corrected chi connectivity index (χ3v) is 3.78. The Morgan fingerprint density at radius 3 is 2.57 bits per heavy atom. The maximum atomic E-state index is 11.0. The van der Waals surface area contributed by atoms with Crippen LogP contribution in [-0.2, 0) is 0 Å². The summed E-state index contributed by atoms with van der Waals surface area (Å²) in [6, 6.07) is 14.3. The first-order valence-corrected chi connectivity index (χ1v) is 7.00. The molecule has 2 aromatic heterocycles. The zero-order chi connectivity index (χ0) is 16.0. The van der Waals surface area contributed by atoms with Crippen LogP contribution in [0.3, 0.4) is 0 Å². The second-order valence-corrected chi connectivity index (χ2v) is 5.17. The smallest absolute Gasteiger partial charge is 0.335 e. The maximum Gasteiger partial charge on any atom is 0.335 e. The van der Waals surface area contributed by atoms with E-state index in [1.807, 2.05) is 28.7 Å². The summed E-state index contributed by atoms with van der Waals surface area (Å²) in [5.74, 6) is -0.592. The molecule has 0 aliphatic rings. The van der Waals surface area contributed by atoms with Crippen molar-refractivity contribution in [2.24, 2.45) is 0 Å². The van der Waals surface area contributed by atoms with E-state index in [9.17, 15) is 4.79 Å². The fraction of sp³-hybridized carbons (Fsp3) is 0. The number of carbonyl (C=O) groups is 1. The number of imidazole rings is 1. The van der Waals surface area contributed by atoms with Gasteiger partial charge >= 0.3 is 5.97 Å². The summed E-state index contributed by atoms with van der Waals surface area (Å²) in [6.45, 7) is 0. The SMILES string of the molecule is Nc1nc2ccccc2n2c(-c3ccc(C(=O)O)cc3)cnc12. The number of hydrogen-bond donors (Lipinski definition) is 2. The van der Waals surface area contributed by atoms with Crippen LogP contribution in [0, 0.1) is 0 Å². The van der Waals surface area contributed by atoms with Crippen molar-refractivity contribution >= 4 is 28.5 Å². The Kier molecular flexibility index (Phi) is 2.77. The Morgan fingerprint density at radius 2 is 1.83 bits per heavy atom. The summed E-state index contributed by atoms with van der Waals surface area (Å²) in [5, 5.41) is 9.01. The van der Waals surface area contributed by atoms with Crippen LogP contribution in [0.25, 0.3) is 27.9 Å². The van der Waals surface area contributed by atoms with Gasteiger partial charge in [0.25, 0.3) is 0 Å². The highest BCUT2D eigenvalue weighted by Crippen LogP contribution is 2.27. The molecular weight excluding hydrogens is 292 g/mol. The van der Waals surface area contributed by atoms with Crippen LogP contribution in [0.1, 0.15) is 10.4 Å². The first-order valence-electron chi connectivity index (χ1n) is 7.00. The van der Waals surface area contributed by atoms with Crippen molar-refractivity contribution in [3.63, 3.8) is 0 Å². The molecule has 112 valence electrons. The molecule has 0 spiro atoms. The molecule has 4 rings (SSSR count). The molecular formula is C17H12N4O2. The Balaban J connectivity index is 2.02. The van der Waals surface area contributed by atoms with E-state index < -0.39 is 5.97 Å². The van der Waals surface area contributed by atoms with Crippen molar-refractivity contribution in [3.05, 3.63) is 60.3 Å². The van der Waals surface area contributed by atoms with Crippen LogP contribution >= 0.6 is 0 Å². The first-order chi connectivity index (χ1) is 11.1. The van der Waals surface area contributed by atoms with Gasteiger partial charge in [0, 0.05) is 5.56 Å². The molecule has 4 aromatic rings. The zero-order valence-electron chi connectivity index (χ0n) is 12.0. The number of aromatic carboxylic acids is 1. The van der Waals surface area contributed by atoms with Gasteiger partial charge in [0.2, 0.25) is 0 Å². The summed E-state index contributed by atoms with van der Waals surface area (Å²) >= 11 is 0. The number of para-hydroxylation sites is 2. The number of rotatable bonds is 2. The Bertz CT molecular complexity index is 1050. The summed E-state index contributed by atoms with van der Waals surface area (Å²) in [7, 11) is 0. The van der Waals surface area contributed by atoms with Crippen molar-refractivity contribution in [2.75, 3.05) is 5.73 Å². The number of nitrogens with two attached hydrogens (primary N) is 1. The van der Waals surface area contributed by atoms with Crippen LogP contribution in [0.4, 0.5) is 5.82 Å². The van der Waals surface area contributed by atoms with E-state index in [1.165, 1.54) is 0 Å². The summed E-state index contributed by atoms with van der Waals surface area (Å²) in [6.07, 6.45) is 1.72. The highest BCUT2D eigenvalue weighted by Gasteiger charge is 2.13. The van der Waals surface area contributed by atoms with E-state index in [0.29, 0.717) is 11.5 Å². The highest BCUT2D eigenvalue weighted by atomic mass is 16.4. The molecule has 0 radical (unpaired) electrons. The molecule has 0 fully saturated rings. The van der Waals surface area contributed by atoms with Gasteiger partial charge < -0.3 is 10.8 Å². The van der Waals surface area contributed by atoms with Gasteiger partial charge in [0.1, 0.15) is 0 Å². The summed E-state index contributed by atoms with van der Waals surface area (Å²) in [4.78, 5) is 19.7. The minimum Gasteiger partial charge on any atom is -0.478 e. The lowest BCUT2D eigenvalue weighted by Gasteiger charge is -2.08. The maximum absolute atomic E-state index is 11.0. The second-order valence-electron chi connectivity index (χ2n) is 5.17. The van der Waals surface area contributed by atoms with Crippen molar-refractivity contribution in [2.45, 2.75) is 0 Å². The quantitative estimate of drug-likeness (QED) is 0.594. The van der Waals surface area contributed by atoms with Crippen molar-refractivity contribution in [3.8, 4) is 11.3 Å². The molecule has 0 bridgehead atoms. The lowest BCUT2D eigenvalue weighted by atomic mass is 10.1. The molecule has 0 aliphatic heterocycles. The van der Waals surface area contributed by atoms with E-state index in [0.717, 1.165) is 22.3 Å². The first kappa shape index (κ1) is 13.3. The topological polar surface area (TPSA) is 93.5 Å². The molecule has 0 saturated heterocycles. The Hall–Kier alpha value is -3.41. The second kappa shape index (κ2) is 4.81. The fourth-order valence-corrected chi connectivity index (χ4v) is 2.69. The van der Waals surface area contributed by atoms with Crippen molar-refractivity contribution < 1.29 is 9.90 Å². The monoisotopic (exact) mass is 304 g/mol. The van der Waals surface area contributed by atoms with Crippen LogP contribution in [0.15, 0.2) is 54.7 Å². The number of nitrogen functional groups attached to an aromatic ring is 1. The van der Waals surface area contributed by atoms with Gasteiger partial charge in [0.05, 0.1) is 28.5 Å². The molecule has 23 heavy (non-hydrogen) atoms. The number of aromatic nitrogens is 3. The van der Waals surface area contributed by atoms with Gasteiger partial charge in [-0.15, -0.1) is 0 Å². The molecule has 2 heterocycles. The number of benzene rings is 2. The third-order valence-electron chi connectivity index (χ3n) is 3.78. The standard InChI is InChI=1S/C17H12N4O2/c18-15-16-19-9-14(10-5-7-11(8-6-10)17(22)23)21(16)13-4-2-1-3-12(13)20-15/h1-9H,(H2,18,20)(H,22,23). The van der Waals surface area contributed by atoms with E-state index in [1.54, 1.807) is 30.5 Å². The average Bonchev–Trinajstić information content (AvgIpc) is 3.01. The molecule has 6 heteroatoms. The van der Waals surface area contributed by atoms with Gasteiger partial charge in [-0.25, -0.2) is 14.8 Å². The number of fused-ring (bicyclic) bond motifs is 3. The van der Waals surface area contributed by atoms with E-state index in [2.05, 4.69) is 9.97 Å². The fourth-order valence-electron chi connectivity index (χ4n) is 2.69. The largest absolute Gasteiger partial charge is 0.478 e. The third kappa shape index (κ3) is 2.00. The summed E-state index contributed by atoms with van der Waals surface area (Å²) in [5.41, 5.74) is 10.2. The number of anilines is 1. The van der Waals surface area contributed by atoms with Crippen LogP contribution in [-0.4, -0.2) is 25.4 Å². The number of nitrogens with zero attached hydrogens (tertiary/aromatic N) is 3. The minimum atomic E-state index is -0.950. The highest BCUT2D eigenvalue weighted by molar-refractivity contribution is 5.89. The molecule has 3 N–H and O–H groups in total. The minimum absolute atomic E-state index is 0.244. The zero-order valence-corrected chi connectivity index (χ0v) is 12.0. The van der Waals surface area contributed by atoms with Gasteiger partial charge in [0.15, 0.2) is 11.5 Å². The lowest BCUT2D eigenvalue weighted by Crippen LogP contribution is -2.00. The number of carboxylic acids is 1. The van der Waals surface area contributed by atoms with Crippen LogP contribution in [0.2, 0.25) is 0 Å². The normalized spacial score (nSPS) is 11.1. The average molecular weight is 304 g/mol. The van der Waals surface area contributed by atoms with Crippen LogP contribution in [0.5, 0.6) is 0 Å². The van der Waals surface area contributed by atoms with E-state index >= 15 is 0 Å². The lowest BCUT2D eigenvalue weighted by molar-refractivity contribution is 0.0697. The molecule has 0 saturated carbocycles. The predicted molar refractivity (Wildman–Crippen MR) is 87.3 cm³/mol. The Morgan fingerprint density at radius 1 is 1.09 bits per heavy atom. The van der Waals surface area contributed by atoms with E-state index in [4.69, 9.17) is 10.8 Å². The molecule has 2 aromatic carbocycles. The predicted octanol–water partition coefficient (Wildman–Crippen LogP) is 2.83. The van der Waals surface area contributed by atoms with Crippen LogP contribution < -0.4 is 5.73 Å². The summed E-state index contributed by atoms with van der Waals surface area (Å²) < 4.78 is 1.94. The number of carboxylic acid groups (broad SMARTS) is 1. The molecule has 0 aliphatic carbocycles. The molecule has 6 nitrogen and oxygen atoms in total. The number of hydrogen-bond acceptors (Lipinski definition) is 4. The Labute approximate surface area is 130 Å². The van der Waals surface area contributed by atoms with E-state index in [-0.39, 0.29) is 5.56 Å². The molecule has 0 unspecified atom stereocenters. The van der Waals surface area contributed by atoms with Gasteiger partial charge in [-0.2, -0.15) is 0 Å². The molecule has 0 amide bonds. The van der Waals surface area contributed by atoms with Crippen molar-refractivity contribution in [1.82, 2.24) is 14.4 Å². The van der Waals surface area contributed by atoms with Gasteiger partial charge in [-0.1, -0.05) is 24.3 Å².